The van der Waals surface area contributed by atoms with Gasteiger partial charge in [-0.05, 0) is 44.0 Å². The summed E-state index contributed by atoms with van der Waals surface area (Å²) in [6.45, 7) is 1.72. The van der Waals surface area contributed by atoms with Crippen LogP contribution in [0.5, 0.6) is 0 Å². The van der Waals surface area contributed by atoms with Crippen LogP contribution in [-0.2, 0) is 14.8 Å². The number of nitrogens with two attached hydrogens (primary N) is 1. The molecule has 1 aliphatic rings. The Hall–Kier alpha value is -1.91. The number of carbonyl (C=O) groups is 1. The minimum Gasteiger partial charge on any atom is -0.416 e. The van der Waals surface area contributed by atoms with Gasteiger partial charge in [-0.1, -0.05) is 11.8 Å². The van der Waals surface area contributed by atoms with Gasteiger partial charge in [0.2, 0.25) is 21.8 Å². The van der Waals surface area contributed by atoms with Gasteiger partial charge in [0.25, 0.3) is 5.22 Å². The van der Waals surface area contributed by atoms with Crippen LogP contribution in [0.2, 0.25) is 0 Å². The average Bonchev–Trinajstić information content (AvgIpc) is 3.27. The maximum Gasteiger partial charge on any atom is 0.277 e. The van der Waals surface area contributed by atoms with Gasteiger partial charge in [0.1, 0.15) is 0 Å². The second-order valence-electron chi connectivity index (χ2n) is 5.50. The lowest BCUT2D eigenvalue weighted by atomic mass is 10.3. The molecule has 1 aromatic carbocycles. The summed E-state index contributed by atoms with van der Waals surface area (Å²) in [4.78, 5) is 12.2. The molecule has 1 aliphatic carbocycles. The van der Waals surface area contributed by atoms with Gasteiger partial charge in [-0.2, -0.15) is 0 Å². The highest BCUT2D eigenvalue weighted by molar-refractivity contribution is 8.00. The zero-order valence-corrected chi connectivity index (χ0v) is 14.4. The highest BCUT2D eigenvalue weighted by atomic mass is 32.2. The Balaban J connectivity index is 1.58. The zero-order chi connectivity index (χ0) is 17.3. The monoisotopic (exact) mass is 368 g/mol. The molecule has 0 spiro atoms. The van der Waals surface area contributed by atoms with E-state index in [1.54, 1.807) is 6.92 Å². The quantitative estimate of drug-likeness (QED) is 0.743. The molecule has 128 valence electrons. The summed E-state index contributed by atoms with van der Waals surface area (Å²) in [7, 11) is -3.75. The van der Waals surface area contributed by atoms with Crippen LogP contribution in [0.1, 0.15) is 31.6 Å². The number of nitrogens with zero attached hydrogens (tertiary/aromatic N) is 2. The molecule has 0 unspecified atom stereocenters. The summed E-state index contributed by atoms with van der Waals surface area (Å²) in [5.74, 6) is 0.742. The molecule has 1 saturated carbocycles. The van der Waals surface area contributed by atoms with Crippen molar-refractivity contribution in [2.45, 2.75) is 41.1 Å². The van der Waals surface area contributed by atoms with Crippen LogP contribution in [0.25, 0.3) is 0 Å². The number of rotatable bonds is 6. The van der Waals surface area contributed by atoms with Crippen LogP contribution in [-0.4, -0.2) is 29.8 Å². The van der Waals surface area contributed by atoms with Crippen LogP contribution in [0.15, 0.2) is 38.8 Å². The van der Waals surface area contributed by atoms with Crippen molar-refractivity contribution in [2.24, 2.45) is 5.14 Å². The average molecular weight is 368 g/mol. The van der Waals surface area contributed by atoms with Crippen molar-refractivity contribution in [3.05, 3.63) is 30.2 Å². The lowest BCUT2D eigenvalue weighted by Gasteiger charge is -2.10. The fraction of sp³-hybridized carbons (Fsp3) is 0.357. The molecule has 0 aliphatic heterocycles. The van der Waals surface area contributed by atoms with Gasteiger partial charge in [-0.3, -0.25) is 4.79 Å². The molecule has 10 heteroatoms. The van der Waals surface area contributed by atoms with E-state index in [-0.39, 0.29) is 10.8 Å². The molecule has 1 amide bonds. The molecule has 2 aromatic rings. The number of primary sulfonamides is 1. The van der Waals surface area contributed by atoms with E-state index in [4.69, 9.17) is 9.56 Å². The van der Waals surface area contributed by atoms with Crippen LogP contribution in [0, 0.1) is 0 Å². The van der Waals surface area contributed by atoms with Gasteiger partial charge in [-0.25, -0.2) is 13.6 Å². The Labute approximate surface area is 143 Å². The zero-order valence-electron chi connectivity index (χ0n) is 12.8. The van der Waals surface area contributed by atoms with Crippen molar-refractivity contribution in [3.8, 4) is 0 Å². The number of hydrogen-bond acceptors (Lipinski definition) is 7. The number of thioether (sulfide) groups is 1. The molecule has 0 bridgehead atoms. The Kier molecular flexibility index (Phi) is 4.61. The van der Waals surface area contributed by atoms with Gasteiger partial charge >= 0.3 is 0 Å². The third-order valence-corrected chi connectivity index (χ3v) is 5.31. The van der Waals surface area contributed by atoms with Crippen molar-refractivity contribution >= 4 is 33.4 Å². The second kappa shape index (κ2) is 6.54. The molecular formula is C14H16N4O4S2. The minimum absolute atomic E-state index is 0.0126. The molecular weight excluding hydrogens is 352 g/mol. The predicted molar refractivity (Wildman–Crippen MR) is 88.0 cm³/mol. The van der Waals surface area contributed by atoms with E-state index in [0.717, 1.165) is 12.8 Å². The molecule has 0 radical (unpaired) electrons. The molecule has 24 heavy (non-hydrogen) atoms. The van der Waals surface area contributed by atoms with Crippen molar-refractivity contribution in [2.75, 3.05) is 5.32 Å². The first-order valence-electron chi connectivity index (χ1n) is 7.27. The largest absolute Gasteiger partial charge is 0.416 e. The summed E-state index contributed by atoms with van der Waals surface area (Å²) >= 11 is 1.18. The van der Waals surface area contributed by atoms with Crippen LogP contribution >= 0.6 is 11.8 Å². The summed E-state index contributed by atoms with van der Waals surface area (Å²) in [5.41, 5.74) is 0.476. The van der Waals surface area contributed by atoms with E-state index in [9.17, 15) is 13.2 Å². The third-order valence-electron chi connectivity index (χ3n) is 3.45. The van der Waals surface area contributed by atoms with Gasteiger partial charge in [0, 0.05) is 11.6 Å². The summed E-state index contributed by atoms with van der Waals surface area (Å²) in [5, 5.41) is 15.5. The standard InChI is InChI=1S/C14H16N4O4S2/c1-8(23-14-18-17-13(22-14)9-2-3-9)12(19)16-10-4-6-11(7-5-10)24(15,20)21/h4-9H,2-3H2,1H3,(H,16,19)(H2,15,20,21)/t8-/m0/s1. The van der Waals surface area contributed by atoms with Crippen LogP contribution in [0.3, 0.4) is 0 Å². The lowest BCUT2D eigenvalue weighted by Crippen LogP contribution is -2.22. The number of hydrogen-bond donors (Lipinski definition) is 2. The maximum absolute atomic E-state index is 12.2. The number of nitrogens with one attached hydrogen (secondary N) is 1. The van der Waals surface area contributed by atoms with E-state index < -0.39 is 15.3 Å². The van der Waals surface area contributed by atoms with E-state index in [1.807, 2.05) is 0 Å². The number of aromatic nitrogens is 2. The van der Waals surface area contributed by atoms with Crippen LogP contribution < -0.4 is 10.5 Å². The summed E-state index contributed by atoms with van der Waals surface area (Å²) in [6, 6.07) is 5.63. The second-order valence-corrected chi connectivity index (χ2v) is 8.35. The number of anilines is 1. The summed E-state index contributed by atoms with van der Waals surface area (Å²) in [6.07, 6.45) is 2.13. The third kappa shape index (κ3) is 4.13. The Morgan fingerprint density at radius 2 is 2.00 bits per heavy atom. The van der Waals surface area contributed by atoms with Gasteiger partial charge < -0.3 is 9.73 Å². The smallest absolute Gasteiger partial charge is 0.277 e. The van der Waals surface area contributed by atoms with Crippen molar-refractivity contribution in [1.29, 1.82) is 0 Å². The molecule has 1 atom stereocenters. The lowest BCUT2D eigenvalue weighted by molar-refractivity contribution is -0.115. The molecule has 8 nitrogen and oxygen atoms in total. The van der Waals surface area contributed by atoms with E-state index >= 15 is 0 Å². The Morgan fingerprint density at radius 3 is 2.58 bits per heavy atom. The van der Waals surface area contributed by atoms with E-state index in [2.05, 4.69) is 15.5 Å². The van der Waals surface area contributed by atoms with Gasteiger partial charge in [-0.15, -0.1) is 10.2 Å². The van der Waals surface area contributed by atoms with Gasteiger partial charge in [0.05, 0.1) is 10.1 Å². The molecule has 0 saturated heterocycles. The first kappa shape index (κ1) is 16.9. The fourth-order valence-electron chi connectivity index (χ4n) is 1.94. The number of carbonyl (C=O) groups excluding carboxylic acids is 1. The summed E-state index contributed by atoms with van der Waals surface area (Å²) < 4.78 is 27.9. The first-order chi connectivity index (χ1) is 11.3. The first-order valence-corrected chi connectivity index (χ1v) is 9.69. The maximum atomic E-state index is 12.2. The topological polar surface area (TPSA) is 128 Å². The van der Waals surface area contributed by atoms with Gasteiger partial charge in [0.15, 0.2) is 0 Å². The van der Waals surface area contributed by atoms with Crippen LogP contribution in [0.4, 0.5) is 5.69 Å². The Morgan fingerprint density at radius 1 is 1.33 bits per heavy atom. The fourth-order valence-corrected chi connectivity index (χ4v) is 3.15. The van der Waals surface area contributed by atoms with Crippen molar-refractivity contribution in [3.63, 3.8) is 0 Å². The molecule has 3 rings (SSSR count). The minimum atomic E-state index is -3.75. The highest BCUT2D eigenvalue weighted by Gasteiger charge is 2.30. The van der Waals surface area contributed by atoms with E-state index in [0.29, 0.717) is 22.7 Å². The van der Waals surface area contributed by atoms with Crippen molar-refractivity contribution in [1.82, 2.24) is 10.2 Å². The SMILES string of the molecule is C[C@H](Sc1nnc(C2CC2)o1)C(=O)Nc1ccc(S(N)(=O)=O)cc1. The van der Waals surface area contributed by atoms with Crippen molar-refractivity contribution < 1.29 is 17.6 Å². The molecule has 3 N–H and O–H groups in total. The van der Waals surface area contributed by atoms with E-state index in [1.165, 1.54) is 36.0 Å². The number of benzene rings is 1. The number of amides is 1. The molecule has 1 heterocycles. The highest BCUT2D eigenvalue weighted by Crippen LogP contribution is 2.40. The number of sulfonamides is 1. The molecule has 1 aromatic heterocycles. The Bertz CT molecular complexity index is 844. The molecule has 1 fully saturated rings. The predicted octanol–water partition coefficient (Wildman–Crippen LogP) is 1.71. The normalized spacial score (nSPS) is 15.9.